The fourth-order valence-corrected chi connectivity index (χ4v) is 3.56. The highest BCUT2D eigenvalue weighted by Gasteiger charge is 2.38. The first kappa shape index (κ1) is 23.5. The molecule has 0 bridgehead atoms. The molecule has 2 aromatic carbocycles. The smallest absolute Gasteiger partial charge is 0.278 e. The lowest BCUT2D eigenvalue weighted by molar-refractivity contribution is -0.137. The van der Waals surface area contributed by atoms with Crippen LogP contribution in [-0.4, -0.2) is 43.1 Å². The molecule has 1 heterocycles. The van der Waals surface area contributed by atoms with Gasteiger partial charge in [0.1, 0.15) is 11.4 Å². The van der Waals surface area contributed by atoms with Crippen molar-refractivity contribution in [3.05, 3.63) is 65.4 Å². The van der Waals surface area contributed by atoms with E-state index in [4.69, 9.17) is 9.47 Å². The van der Waals surface area contributed by atoms with Crippen LogP contribution in [0, 0.1) is 0 Å². The number of nitrogens with one attached hydrogen (secondary N) is 1. The van der Waals surface area contributed by atoms with Crippen LogP contribution in [0.5, 0.6) is 5.75 Å². The maximum Gasteiger partial charge on any atom is 0.278 e. The molecule has 0 unspecified atom stereocenters. The first-order chi connectivity index (χ1) is 15.3. The van der Waals surface area contributed by atoms with Crippen molar-refractivity contribution in [3.63, 3.8) is 0 Å². The number of amides is 2. The van der Waals surface area contributed by atoms with E-state index in [1.807, 2.05) is 38.1 Å². The molecule has 1 aliphatic rings. The number of carbonyl (C=O) groups excluding carboxylic acids is 2. The molecule has 32 heavy (non-hydrogen) atoms. The molecule has 0 radical (unpaired) electrons. The van der Waals surface area contributed by atoms with Gasteiger partial charge in [0.2, 0.25) is 0 Å². The van der Waals surface area contributed by atoms with Gasteiger partial charge in [-0.2, -0.15) is 0 Å². The molecular formula is C26H32N2O4. The van der Waals surface area contributed by atoms with Crippen molar-refractivity contribution in [1.29, 1.82) is 0 Å². The molecule has 1 N–H and O–H groups in total. The first-order valence-corrected chi connectivity index (χ1v) is 11.0. The van der Waals surface area contributed by atoms with Crippen molar-refractivity contribution in [1.82, 2.24) is 4.90 Å². The summed E-state index contributed by atoms with van der Waals surface area (Å²) < 4.78 is 10.8. The van der Waals surface area contributed by atoms with Crippen LogP contribution >= 0.6 is 0 Å². The Labute approximate surface area is 190 Å². The fraction of sp³-hybridized carbons (Fsp3) is 0.385. The Hall–Kier alpha value is -3.12. The summed E-state index contributed by atoms with van der Waals surface area (Å²) in [4.78, 5) is 27.8. The lowest BCUT2D eigenvalue weighted by Gasteiger charge is -2.16. The van der Waals surface area contributed by atoms with Gasteiger partial charge in [-0.1, -0.05) is 38.1 Å². The average Bonchev–Trinajstić information content (AvgIpc) is 3.01. The number of carbonyl (C=O) groups is 2. The molecule has 0 saturated heterocycles. The van der Waals surface area contributed by atoms with Gasteiger partial charge in [0.15, 0.2) is 0 Å². The fourth-order valence-electron chi connectivity index (χ4n) is 3.56. The number of methoxy groups -OCH3 is 1. The quantitative estimate of drug-likeness (QED) is 0.427. The van der Waals surface area contributed by atoms with Gasteiger partial charge in [0, 0.05) is 18.8 Å². The molecule has 1 aliphatic heterocycles. The number of nitrogens with zero attached hydrogens (tertiary/aromatic N) is 1. The highest BCUT2D eigenvalue weighted by atomic mass is 16.5. The third-order valence-electron chi connectivity index (χ3n) is 5.37. The van der Waals surface area contributed by atoms with Crippen molar-refractivity contribution in [2.24, 2.45) is 0 Å². The minimum Gasteiger partial charge on any atom is -0.497 e. The van der Waals surface area contributed by atoms with Gasteiger partial charge in [0.05, 0.1) is 18.8 Å². The standard InChI is InChI=1S/C26H32N2O4/c1-17(2)19-7-11-21(12-8-19)27-24-23(20-9-13-22(31-5)14-10-20)25(29)28(26(24)30)15-6-16-32-18(3)4/h7-14,17-18,27H,6,15-16H2,1-5H3. The van der Waals surface area contributed by atoms with E-state index in [9.17, 15) is 9.59 Å². The molecule has 3 rings (SSSR count). The van der Waals surface area contributed by atoms with Crippen molar-refractivity contribution >= 4 is 23.1 Å². The second kappa shape index (κ2) is 10.5. The van der Waals surface area contributed by atoms with E-state index in [2.05, 4.69) is 19.2 Å². The maximum atomic E-state index is 13.3. The number of rotatable bonds is 10. The van der Waals surface area contributed by atoms with E-state index < -0.39 is 0 Å². The molecule has 0 saturated carbocycles. The number of imide groups is 1. The highest BCUT2D eigenvalue weighted by Crippen LogP contribution is 2.32. The van der Waals surface area contributed by atoms with Crippen LogP contribution < -0.4 is 10.1 Å². The molecule has 0 atom stereocenters. The molecule has 2 aromatic rings. The Morgan fingerprint density at radius 3 is 2.12 bits per heavy atom. The second-order valence-corrected chi connectivity index (χ2v) is 8.42. The summed E-state index contributed by atoms with van der Waals surface area (Å²) in [6.07, 6.45) is 0.695. The number of benzene rings is 2. The molecule has 2 amide bonds. The van der Waals surface area contributed by atoms with Gasteiger partial charge < -0.3 is 14.8 Å². The van der Waals surface area contributed by atoms with Crippen LogP contribution in [-0.2, 0) is 14.3 Å². The maximum absolute atomic E-state index is 13.3. The SMILES string of the molecule is COc1ccc(C2=C(Nc3ccc(C(C)C)cc3)C(=O)N(CCCOC(C)C)C2=O)cc1. The van der Waals surface area contributed by atoms with Crippen molar-refractivity contribution in [2.45, 2.75) is 46.1 Å². The van der Waals surface area contributed by atoms with Crippen molar-refractivity contribution in [3.8, 4) is 5.75 Å². The summed E-state index contributed by atoms with van der Waals surface area (Å²) in [5.41, 5.74) is 3.31. The lowest BCUT2D eigenvalue weighted by atomic mass is 10.0. The lowest BCUT2D eigenvalue weighted by Crippen LogP contribution is -2.34. The average molecular weight is 437 g/mol. The minimum atomic E-state index is -0.321. The van der Waals surface area contributed by atoms with Crippen LogP contribution in [0.2, 0.25) is 0 Å². The van der Waals surface area contributed by atoms with Crippen LogP contribution in [0.25, 0.3) is 5.57 Å². The zero-order valence-corrected chi connectivity index (χ0v) is 19.5. The Morgan fingerprint density at radius 1 is 0.906 bits per heavy atom. The van der Waals surface area contributed by atoms with Gasteiger partial charge in [-0.3, -0.25) is 14.5 Å². The third kappa shape index (κ3) is 5.37. The van der Waals surface area contributed by atoms with Crippen molar-refractivity contribution in [2.75, 3.05) is 25.6 Å². The number of hydrogen-bond acceptors (Lipinski definition) is 5. The second-order valence-electron chi connectivity index (χ2n) is 8.42. The normalized spacial score (nSPS) is 14.2. The van der Waals surface area contributed by atoms with Crippen molar-refractivity contribution < 1.29 is 19.1 Å². The number of ether oxygens (including phenoxy) is 2. The molecule has 6 nitrogen and oxygen atoms in total. The highest BCUT2D eigenvalue weighted by molar-refractivity contribution is 6.36. The van der Waals surface area contributed by atoms with Crippen LogP contribution in [0.1, 0.15) is 51.2 Å². The predicted molar refractivity (Wildman–Crippen MR) is 126 cm³/mol. The summed E-state index contributed by atoms with van der Waals surface area (Å²) in [6.45, 7) is 8.98. The van der Waals surface area contributed by atoms with Gasteiger partial charge in [-0.05, 0) is 61.6 Å². The summed E-state index contributed by atoms with van der Waals surface area (Å²) in [5.74, 6) is 0.480. The molecule has 6 heteroatoms. The van der Waals surface area contributed by atoms with E-state index in [1.165, 1.54) is 10.5 Å². The summed E-state index contributed by atoms with van der Waals surface area (Å²) in [5, 5.41) is 3.21. The van der Waals surface area contributed by atoms with E-state index >= 15 is 0 Å². The minimum absolute atomic E-state index is 0.110. The van der Waals surface area contributed by atoms with Gasteiger partial charge in [-0.25, -0.2) is 0 Å². The molecule has 0 aromatic heterocycles. The number of hydrogen-bond donors (Lipinski definition) is 1. The predicted octanol–water partition coefficient (Wildman–Crippen LogP) is 4.83. The Bertz CT molecular complexity index is 976. The molecular weight excluding hydrogens is 404 g/mol. The molecule has 170 valence electrons. The van der Waals surface area contributed by atoms with E-state index in [0.29, 0.717) is 48.1 Å². The van der Waals surface area contributed by atoms with Gasteiger partial charge in [-0.15, -0.1) is 0 Å². The van der Waals surface area contributed by atoms with E-state index in [-0.39, 0.29) is 17.9 Å². The van der Waals surface area contributed by atoms with Gasteiger partial charge in [0.25, 0.3) is 11.8 Å². The van der Waals surface area contributed by atoms with Gasteiger partial charge >= 0.3 is 0 Å². The molecule has 0 spiro atoms. The topological polar surface area (TPSA) is 67.9 Å². The number of anilines is 1. The third-order valence-corrected chi connectivity index (χ3v) is 5.37. The Balaban J connectivity index is 1.89. The zero-order valence-electron chi connectivity index (χ0n) is 19.5. The Morgan fingerprint density at radius 2 is 1.56 bits per heavy atom. The van der Waals surface area contributed by atoms with Crippen LogP contribution in [0.15, 0.2) is 54.2 Å². The molecule has 0 aliphatic carbocycles. The summed E-state index contributed by atoms with van der Waals surface area (Å²) in [6, 6.07) is 15.1. The largest absolute Gasteiger partial charge is 0.497 e. The first-order valence-electron chi connectivity index (χ1n) is 11.0. The zero-order chi connectivity index (χ0) is 23.3. The summed E-state index contributed by atoms with van der Waals surface area (Å²) in [7, 11) is 1.59. The molecule has 0 fully saturated rings. The van der Waals surface area contributed by atoms with E-state index in [1.54, 1.807) is 31.4 Å². The Kier molecular flexibility index (Phi) is 7.70. The van der Waals surface area contributed by atoms with Crippen LogP contribution in [0.3, 0.4) is 0 Å². The van der Waals surface area contributed by atoms with E-state index in [0.717, 1.165) is 5.69 Å². The monoisotopic (exact) mass is 436 g/mol. The van der Waals surface area contributed by atoms with Crippen LogP contribution in [0.4, 0.5) is 5.69 Å². The summed E-state index contributed by atoms with van der Waals surface area (Å²) >= 11 is 0.